The summed E-state index contributed by atoms with van der Waals surface area (Å²) in [6.45, 7) is 2.64. The molecule has 1 aromatic carbocycles. The molecule has 5 nitrogen and oxygen atoms in total. The van der Waals surface area contributed by atoms with Gasteiger partial charge in [0.1, 0.15) is 5.65 Å². The molecule has 0 aliphatic heterocycles. The highest BCUT2D eigenvalue weighted by Gasteiger charge is 2.26. The number of nitrogens with one attached hydrogen (secondary N) is 1. The van der Waals surface area contributed by atoms with E-state index in [-0.39, 0.29) is 16.8 Å². The Morgan fingerprint density at radius 3 is 2.86 bits per heavy atom. The largest absolute Gasteiger partial charge is 0.343 e. The number of fused-ring (bicyclic) bond motifs is 3. The molecule has 0 saturated heterocycles. The van der Waals surface area contributed by atoms with Crippen molar-refractivity contribution in [3.8, 4) is 0 Å². The molecule has 1 N–H and O–H groups in total. The zero-order chi connectivity index (χ0) is 15.3. The maximum atomic E-state index is 12.8. The van der Waals surface area contributed by atoms with E-state index in [4.69, 9.17) is 0 Å². The zero-order valence-corrected chi connectivity index (χ0v) is 12.2. The molecule has 2 heterocycles. The summed E-state index contributed by atoms with van der Waals surface area (Å²) in [7, 11) is 0. The first-order valence-electron chi connectivity index (χ1n) is 7.44. The number of nitrogens with zero attached hydrogens (tertiary/aromatic N) is 2. The molecule has 0 spiro atoms. The summed E-state index contributed by atoms with van der Waals surface area (Å²) in [5, 5.41) is 4.69. The number of ketones is 1. The fraction of sp³-hybridized carbons (Fsp3) is 0.235. The van der Waals surface area contributed by atoms with Crippen LogP contribution in [0.25, 0.3) is 11.0 Å². The first-order valence-corrected chi connectivity index (χ1v) is 7.44. The van der Waals surface area contributed by atoms with Crippen molar-refractivity contribution >= 4 is 16.8 Å². The van der Waals surface area contributed by atoms with Crippen LogP contribution in [0.5, 0.6) is 0 Å². The lowest BCUT2D eigenvalue weighted by Crippen LogP contribution is -2.20. The fourth-order valence-corrected chi connectivity index (χ4v) is 3.18. The van der Waals surface area contributed by atoms with Crippen molar-refractivity contribution in [1.29, 1.82) is 0 Å². The number of carbonyl (C=O) groups excluding carboxylic acids is 1. The molecular weight excluding hydrogens is 278 g/mol. The summed E-state index contributed by atoms with van der Waals surface area (Å²) in [6, 6.07) is 7.52. The number of aryl methyl sites for hydroxylation is 3. The molecule has 110 valence electrons. The fourth-order valence-electron chi connectivity index (χ4n) is 3.18. The third-order valence-corrected chi connectivity index (χ3v) is 4.32. The third-order valence-electron chi connectivity index (χ3n) is 4.32. The average Bonchev–Trinajstić information content (AvgIpc) is 2.89. The van der Waals surface area contributed by atoms with Crippen molar-refractivity contribution in [3.05, 3.63) is 63.1 Å². The van der Waals surface area contributed by atoms with Crippen molar-refractivity contribution in [2.75, 3.05) is 0 Å². The normalized spacial score (nSPS) is 13.8. The lowest BCUT2D eigenvalue weighted by Gasteiger charge is -2.06. The highest BCUT2D eigenvalue weighted by molar-refractivity contribution is 6.12. The van der Waals surface area contributed by atoms with E-state index < -0.39 is 0 Å². The average molecular weight is 293 g/mol. The van der Waals surface area contributed by atoms with Crippen LogP contribution in [-0.4, -0.2) is 20.5 Å². The second kappa shape index (κ2) is 4.66. The molecule has 1 aliphatic rings. The Labute approximate surface area is 126 Å². The van der Waals surface area contributed by atoms with E-state index in [1.807, 2.05) is 25.1 Å². The highest BCUT2D eigenvalue weighted by atomic mass is 16.1. The number of benzene rings is 1. The van der Waals surface area contributed by atoms with E-state index in [2.05, 4.69) is 10.1 Å². The monoisotopic (exact) mass is 293 g/mol. The van der Waals surface area contributed by atoms with Crippen molar-refractivity contribution in [3.63, 3.8) is 0 Å². The molecule has 3 aromatic rings. The minimum atomic E-state index is -0.217. The van der Waals surface area contributed by atoms with Gasteiger partial charge in [0.05, 0.1) is 17.1 Å². The summed E-state index contributed by atoms with van der Waals surface area (Å²) in [4.78, 5) is 28.9. The second-order valence-corrected chi connectivity index (χ2v) is 5.52. The van der Waals surface area contributed by atoms with Crippen molar-refractivity contribution < 1.29 is 4.79 Å². The molecule has 22 heavy (non-hydrogen) atoms. The molecule has 0 unspecified atom stereocenters. The Kier molecular flexibility index (Phi) is 2.76. The Bertz CT molecular complexity index is 966. The highest BCUT2D eigenvalue weighted by Crippen LogP contribution is 2.23. The zero-order valence-electron chi connectivity index (χ0n) is 12.2. The molecule has 2 aromatic heterocycles. The van der Waals surface area contributed by atoms with E-state index in [0.717, 1.165) is 12.0 Å². The number of carbonyl (C=O) groups is 1. The number of aromatic nitrogens is 3. The van der Waals surface area contributed by atoms with Gasteiger partial charge >= 0.3 is 0 Å². The Morgan fingerprint density at radius 2 is 2.05 bits per heavy atom. The van der Waals surface area contributed by atoms with Gasteiger partial charge in [0.25, 0.3) is 0 Å². The molecule has 0 atom stereocenters. The van der Waals surface area contributed by atoms with Gasteiger partial charge in [-0.25, -0.2) is 4.68 Å². The molecule has 0 amide bonds. The molecule has 0 fully saturated rings. The van der Waals surface area contributed by atoms with Gasteiger partial charge in [0, 0.05) is 17.8 Å². The second-order valence-electron chi connectivity index (χ2n) is 5.52. The van der Waals surface area contributed by atoms with Crippen LogP contribution in [0.4, 0.5) is 0 Å². The van der Waals surface area contributed by atoms with Gasteiger partial charge in [0.2, 0.25) is 5.43 Å². The summed E-state index contributed by atoms with van der Waals surface area (Å²) in [5.41, 5.74) is 3.10. The van der Waals surface area contributed by atoms with E-state index in [9.17, 15) is 9.59 Å². The maximum absolute atomic E-state index is 12.8. The van der Waals surface area contributed by atoms with Gasteiger partial charge in [-0.3, -0.25) is 9.59 Å². The van der Waals surface area contributed by atoms with Crippen LogP contribution in [0.1, 0.15) is 34.1 Å². The Morgan fingerprint density at radius 1 is 1.23 bits per heavy atom. The molecule has 4 rings (SSSR count). The van der Waals surface area contributed by atoms with Crippen LogP contribution in [0, 0.1) is 0 Å². The topological polar surface area (TPSA) is 67.8 Å². The van der Waals surface area contributed by atoms with E-state index in [1.165, 1.54) is 0 Å². The van der Waals surface area contributed by atoms with Crippen LogP contribution in [0.3, 0.4) is 0 Å². The molecule has 1 aliphatic carbocycles. The number of pyridine rings is 1. The van der Waals surface area contributed by atoms with Crippen molar-refractivity contribution in [1.82, 2.24) is 14.8 Å². The summed E-state index contributed by atoms with van der Waals surface area (Å²) in [5.74, 6) is -0.185. The quantitative estimate of drug-likeness (QED) is 0.747. The summed E-state index contributed by atoms with van der Waals surface area (Å²) in [6.07, 6.45) is 2.94. The first kappa shape index (κ1) is 13.0. The molecule has 0 saturated carbocycles. The van der Waals surface area contributed by atoms with Crippen molar-refractivity contribution in [2.45, 2.75) is 26.3 Å². The smallest absolute Gasteiger partial charge is 0.204 e. The van der Waals surface area contributed by atoms with Gasteiger partial charge in [-0.2, -0.15) is 5.10 Å². The van der Waals surface area contributed by atoms with Gasteiger partial charge < -0.3 is 4.98 Å². The lowest BCUT2D eigenvalue weighted by atomic mass is 9.99. The van der Waals surface area contributed by atoms with Gasteiger partial charge in [0.15, 0.2) is 5.78 Å². The predicted octanol–water partition coefficient (Wildman–Crippen LogP) is 2.07. The van der Waals surface area contributed by atoms with Gasteiger partial charge in [-0.15, -0.1) is 0 Å². The Balaban J connectivity index is 2.04. The molecule has 0 radical (unpaired) electrons. The number of hydrogen-bond acceptors (Lipinski definition) is 3. The molecule has 0 bridgehead atoms. The van der Waals surface area contributed by atoms with Crippen molar-refractivity contribution in [2.24, 2.45) is 0 Å². The number of hydrogen-bond donors (Lipinski definition) is 1. The standard InChI is InChI=1S/C17H15N3O2/c1-2-20-17-12(9-18-20)16(22)14-13(19-17)8-7-10-5-3-4-6-11(10)15(14)21/h3-6,9H,2,7-8H2,1H3,(H,19,22). The minimum absolute atomic E-state index is 0.185. The summed E-state index contributed by atoms with van der Waals surface area (Å²) >= 11 is 0. The number of aromatic amines is 1. The van der Waals surface area contributed by atoms with Crippen LogP contribution in [0.2, 0.25) is 0 Å². The summed E-state index contributed by atoms with van der Waals surface area (Å²) < 4.78 is 1.75. The molecular formula is C17H15N3O2. The first-order chi connectivity index (χ1) is 10.7. The van der Waals surface area contributed by atoms with Crippen LogP contribution in [-0.2, 0) is 19.4 Å². The minimum Gasteiger partial charge on any atom is -0.343 e. The van der Waals surface area contributed by atoms with Crippen LogP contribution in [0.15, 0.2) is 35.3 Å². The SMILES string of the molecule is CCn1ncc2c(=O)c3c([nH]c21)CCc1ccccc1C3=O. The molecule has 5 heteroatoms. The lowest BCUT2D eigenvalue weighted by molar-refractivity contribution is 0.103. The maximum Gasteiger partial charge on any atom is 0.204 e. The van der Waals surface area contributed by atoms with E-state index in [1.54, 1.807) is 16.9 Å². The number of H-pyrrole nitrogens is 1. The van der Waals surface area contributed by atoms with E-state index in [0.29, 0.717) is 35.3 Å². The van der Waals surface area contributed by atoms with E-state index >= 15 is 0 Å². The van der Waals surface area contributed by atoms with Gasteiger partial charge in [-0.1, -0.05) is 24.3 Å². The predicted molar refractivity (Wildman–Crippen MR) is 83.3 cm³/mol. The number of rotatable bonds is 1. The Hall–Kier alpha value is -2.69. The third kappa shape index (κ3) is 1.68. The van der Waals surface area contributed by atoms with Crippen LogP contribution >= 0.6 is 0 Å². The van der Waals surface area contributed by atoms with Crippen LogP contribution < -0.4 is 5.43 Å². The van der Waals surface area contributed by atoms with Gasteiger partial charge in [-0.05, 0) is 25.3 Å².